The highest BCUT2D eigenvalue weighted by Crippen LogP contribution is 2.37. The Bertz CT molecular complexity index is 2350. The van der Waals surface area contributed by atoms with E-state index in [0.29, 0.717) is 59.3 Å². The molecule has 1 saturated heterocycles. The van der Waals surface area contributed by atoms with E-state index in [1.165, 1.54) is 10.0 Å². The van der Waals surface area contributed by atoms with Crippen molar-refractivity contribution in [3.05, 3.63) is 126 Å². The lowest BCUT2D eigenvalue weighted by Crippen LogP contribution is -2.41. The van der Waals surface area contributed by atoms with Gasteiger partial charge in [-0.3, -0.25) is 4.68 Å². The summed E-state index contributed by atoms with van der Waals surface area (Å²) in [6, 6.07) is 25.6. The van der Waals surface area contributed by atoms with E-state index in [0.717, 1.165) is 11.1 Å². The van der Waals surface area contributed by atoms with Gasteiger partial charge in [0.25, 0.3) is 10.0 Å². The fourth-order valence-corrected chi connectivity index (χ4v) is 8.09. The predicted octanol–water partition coefficient (Wildman–Crippen LogP) is 8.98. The maximum atomic E-state index is 15.8. The Morgan fingerprint density at radius 2 is 1.65 bits per heavy atom. The summed E-state index contributed by atoms with van der Waals surface area (Å²) in [5.41, 5.74) is 4.75. The Morgan fingerprint density at radius 1 is 0.942 bits per heavy atom. The minimum atomic E-state index is -4.02. The number of pyridine rings is 1. The highest BCUT2D eigenvalue weighted by Gasteiger charge is 2.29. The van der Waals surface area contributed by atoms with Crippen LogP contribution >= 0.6 is 0 Å². The average molecular weight is 720 g/mol. The van der Waals surface area contributed by atoms with Crippen molar-refractivity contribution in [1.82, 2.24) is 23.6 Å². The van der Waals surface area contributed by atoms with Crippen molar-refractivity contribution in [2.24, 2.45) is 0 Å². The van der Waals surface area contributed by atoms with Gasteiger partial charge in [-0.25, -0.2) is 26.6 Å². The van der Waals surface area contributed by atoms with E-state index in [1.54, 1.807) is 41.6 Å². The Labute approximate surface area is 303 Å². The van der Waals surface area contributed by atoms with Crippen LogP contribution in [-0.2, 0) is 14.8 Å². The number of amides is 1. The average Bonchev–Trinajstić information content (AvgIpc) is 3.77. The molecule has 0 radical (unpaired) electrons. The molecule has 3 aromatic carbocycles. The molecule has 7 rings (SSSR count). The molecule has 268 valence electrons. The molecule has 9 nitrogen and oxygen atoms in total. The predicted molar refractivity (Wildman–Crippen MR) is 200 cm³/mol. The summed E-state index contributed by atoms with van der Waals surface area (Å²) in [5.74, 6) is -0.365. The molecule has 1 atom stereocenters. The Kier molecular flexibility index (Phi) is 9.25. The van der Waals surface area contributed by atoms with Gasteiger partial charge in [0.15, 0.2) is 5.65 Å². The van der Waals surface area contributed by atoms with Gasteiger partial charge in [0, 0.05) is 48.2 Å². The molecule has 0 saturated carbocycles. The van der Waals surface area contributed by atoms with Gasteiger partial charge in [0.2, 0.25) is 0 Å². The number of piperidine rings is 1. The van der Waals surface area contributed by atoms with E-state index in [9.17, 15) is 13.2 Å². The maximum Gasteiger partial charge on any atom is 0.410 e. The molecular formula is C41H42FN5O4S. The number of likely N-dealkylation sites (tertiary alicyclic amines) is 1. The van der Waals surface area contributed by atoms with E-state index in [-0.39, 0.29) is 34.4 Å². The smallest absolute Gasteiger partial charge is 0.410 e. The molecule has 0 bridgehead atoms. The molecule has 1 unspecified atom stereocenters. The number of aromatic nitrogens is 4. The molecule has 3 aromatic heterocycles. The first kappa shape index (κ1) is 35.1. The molecule has 1 aliphatic rings. The first-order valence-corrected chi connectivity index (χ1v) is 18.9. The van der Waals surface area contributed by atoms with Crippen LogP contribution in [0.5, 0.6) is 0 Å². The zero-order valence-corrected chi connectivity index (χ0v) is 30.8. The summed E-state index contributed by atoms with van der Waals surface area (Å²) >= 11 is 0. The maximum absolute atomic E-state index is 15.8. The zero-order valence-electron chi connectivity index (χ0n) is 30.0. The molecule has 0 N–H and O–H groups in total. The number of hydrogen-bond acceptors (Lipinski definition) is 6. The number of nitrogens with zero attached hydrogens (tertiary/aromatic N) is 5. The highest BCUT2D eigenvalue weighted by atomic mass is 32.2. The van der Waals surface area contributed by atoms with Crippen LogP contribution in [-0.4, -0.2) is 56.8 Å². The van der Waals surface area contributed by atoms with Gasteiger partial charge in [0.1, 0.15) is 11.4 Å². The summed E-state index contributed by atoms with van der Waals surface area (Å²) < 4.78 is 52.5. The van der Waals surface area contributed by atoms with Crippen LogP contribution in [0.4, 0.5) is 9.18 Å². The van der Waals surface area contributed by atoms with Gasteiger partial charge >= 0.3 is 6.09 Å². The third-order valence-corrected chi connectivity index (χ3v) is 11.3. The number of hydrogen-bond donors (Lipinski definition) is 0. The van der Waals surface area contributed by atoms with Crippen LogP contribution in [0.3, 0.4) is 0 Å². The molecule has 0 spiro atoms. The lowest BCUT2D eigenvalue weighted by atomic mass is 9.88. The molecule has 11 heteroatoms. The Morgan fingerprint density at radius 3 is 2.33 bits per heavy atom. The normalized spacial score (nSPS) is 14.8. The number of halogens is 1. The van der Waals surface area contributed by atoms with E-state index in [2.05, 4.69) is 11.9 Å². The molecule has 0 aliphatic carbocycles. The van der Waals surface area contributed by atoms with Gasteiger partial charge in [-0.15, -0.1) is 0 Å². The summed E-state index contributed by atoms with van der Waals surface area (Å²) in [4.78, 5) is 19.0. The SMILES string of the molecule is Cc1ccc(S(=O)(=O)n2cc(-c3ccn(C(C)c4ccccc4)n3)c3cc(-c4ccc(C5CCN(C(=O)OC(C)(C)C)CC5)c(F)c4)cnc32)cc1. The van der Waals surface area contributed by atoms with Gasteiger partial charge in [-0.2, -0.15) is 5.10 Å². The van der Waals surface area contributed by atoms with Gasteiger partial charge < -0.3 is 9.64 Å². The van der Waals surface area contributed by atoms with Gasteiger partial charge in [-0.1, -0.05) is 60.2 Å². The van der Waals surface area contributed by atoms with Crippen molar-refractivity contribution in [1.29, 1.82) is 0 Å². The fourth-order valence-electron chi connectivity index (χ4n) is 6.77. The zero-order chi connectivity index (χ0) is 36.8. The van der Waals surface area contributed by atoms with E-state index in [4.69, 9.17) is 9.84 Å². The molecule has 6 aromatic rings. The summed E-state index contributed by atoms with van der Waals surface area (Å²) in [6.07, 6.45) is 5.95. The number of fused-ring (bicyclic) bond motifs is 1. The number of aryl methyl sites for hydroxylation is 1. The quantitative estimate of drug-likeness (QED) is 0.163. The lowest BCUT2D eigenvalue weighted by Gasteiger charge is -2.33. The van der Waals surface area contributed by atoms with Crippen molar-refractivity contribution in [3.63, 3.8) is 0 Å². The van der Waals surface area contributed by atoms with Crippen LogP contribution in [0.15, 0.2) is 108 Å². The van der Waals surface area contributed by atoms with Gasteiger partial charge in [0.05, 0.1) is 16.6 Å². The van der Waals surface area contributed by atoms with Crippen molar-refractivity contribution in [2.45, 2.75) is 69.9 Å². The minimum Gasteiger partial charge on any atom is -0.444 e. The first-order chi connectivity index (χ1) is 24.8. The molecular weight excluding hydrogens is 678 g/mol. The summed E-state index contributed by atoms with van der Waals surface area (Å²) in [6.45, 7) is 10.5. The second-order valence-corrected chi connectivity index (χ2v) is 16.3. The second kappa shape index (κ2) is 13.7. The standard InChI is InChI=1S/C41H42FN5O4S/c1-27-11-14-33(15-12-27)52(49,50)47-26-36(38-19-22-46(44-38)28(2)29-9-7-6-8-10-29)35-23-32(25-43-39(35)47)31-13-16-34(37(42)24-31)30-17-20-45(21-18-30)40(48)51-41(3,4)5/h6-16,19,22-26,28,30H,17-18,20-21H2,1-5H3. The number of ether oxygens (including phenoxy) is 1. The highest BCUT2D eigenvalue weighted by molar-refractivity contribution is 7.90. The number of benzene rings is 3. The van der Waals surface area contributed by atoms with Crippen LogP contribution < -0.4 is 0 Å². The van der Waals surface area contributed by atoms with Crippen molar-refractivity contribution >= 4 is 27.1 Å². The fraction of sp³-hybridized carbons (Fsp3) is 0.293. The van der Waals surface area contributed by atoms with Gasteiger partial charge in [-0.05, 0) is 100 Å². The number of rotatable bonds is 7. The lowest BCUT2D eigenvalue weighted by molar-refractivity contribution is 0.0204. The van der Waals surface area contributed by atoms with Crippen LogP contribution in [0.1, 0.15) is 69.2 Å². The van der Waals surface area contributed by atoms with Crippen molar-refractivity contribution in [3.8, 4) is 22.4 Å². The largest absolute Gasteiger partial charge is 0.444 e. The molecule has 4 heterocycles. The van der Waals surface area contributed by atoms with Crippen LogP contribution in [0.25, 0.3) is 33.4 Å². The third kappa shape index (κ3) is 6.97. The third-order valence-electron chi connectivity index (χ3n) is 9.67. The second-order valence-electron chi connectivity index (χ2n) is 14.5. The van der Waals surface area contributed by atoms with Crippen molar-refractivity contribution in [2.75, 3.05) is 13.1 Å². The first-order valence-electron chi connectivity index (χ1n) is 17.5. The summed E-state index contributed by atoms with van der Waals surface area (Å²) in [7, 11) is -4.02. The minimum absolute atomic E-state index is 0.0330. The molecule has 52 heavy (non-hydrogen) atoms. The Balaban J connectivity index is 1.23. The molecule has 1 aliphatic heterocycles. The van der Waals surface area contributed by atoms with E-state index < -0.39 is 15.6 Å². The van der Waals surface area contributed by atoms with Crippen molar-refractivity contribution < 1.29 is 22.3 Å². The topological polar surface area (TPSA) is 99.3 Å². The number of carbonyl (C=O) groups is 1. The van der Waals surface area contributed by atoms with E-state index >= 15 is 4.39 Å². The van der Waals surface area contributed by atoms with Crippen LogP contribution in [0.2, 0.25) is 0 Å². The van der Waals surface area contributed by atoms with E-state index in [1.807, 2.05) is 93.2 Å². The Hall–Kier alpha value is -5.29. The summed E-state index contributed by atoms with van der Waals surface area (Å²) in [5, 5.41) is 5.46. The molecule has 1 fully saturated rings. The monoisotopic (exact) mass is 719 g/mol. The number of carbonyl (C=O) groups excluding carboxylic acids is 1. The molecule has 1 amide bonds. The van der Waals surface area contributed by atoms with Crippen LogP contribution in [0, 0.1) is 12.7 Å².